The molecule has 8 nitrogen and oxygen atoms in total. The number of nitrogens with one attached hydrogen (secondary N) is 1. The molecule has 0 aliphatic rings. The van der Waals surface area contributed by atoms with Crippen molar-refractivity contribution in [1.82, 2.24) is 4.98 Å². The molecule has 0 radical (unpaired) electrons. The molecule has 1 aromatic heterocycles. The summed E-state index contributed by atoms with van der Waals surface area (Å²) in [7, 11) is -3.96. The molecule has 3 N–H and O–H groups in total. The summed E-state index contributed by atoms with van der Waals surface area (Å²) in [5.74, 6) is 0. The molecule has 1 heterocycles. The first kappa shape index (κ1) is 15.2. The average molecular weight is 373 g/mol. The van der Waals surface area contributed by atoms with Gasteiger partial charge in [0.1, 0.15) is 4.90 Å². The number of aromatic nitrogens is 1. The number of rotatable bonds is 4. The van der Waals surface area contributed by atoms with E-state index in [1.165, 1.54) is 18.5 Å². The first-order valence-electron chi connectivity index (χ1n) is 5.47. The molecule has 0 atom stereocenters. The Morgan fingerprint density at radius 2 is 2.05 bits per heavy atom. The smallest absolute Gasteiger partial charge is 0.271 e. The van der Waals surface area contributed by atoms with Gasteiger partial charge in [-0.05, 0) is 28.1 Å². The summed E-state index contributed by atoms with van der Waals surface area (Å²) in [5.41, 5.74) is 5.38. The molecule has 0 aliphatic heterocycles. The SMILES string of the molecule is Nc1cc([N+](=O)[O-])ccc1S(=O)(=O)Nc1ccncc1Br. The fourth-order valence-corrected chi connectivity index (χ4v) is 3.23. The van der Waals surface area contributed by atoms with Crippen molar-refractivity contribution in [1.29, 1.82) is 0 Å². The van der Waals surface area contributed by atoms with Crippen LogP contribution in [-0.2, 0) is 10.0 Å². The van der Waals surface area contributed by atoms with E-state index in [1.54, 1.807) is 0 Å². The third-order valence-electron chi connectivity index (χ3n) is 2.51. The lowest BCUT2D eigenvalue weighted by Gasteiger charge is -2.10. The number of halogens is 1. The molecule has 10 heteroatoms. The van der Waals surface area contributed by atoms with Gasteiger partial charge in [-0.1, -0.05) is 0 Å². The maximum absolute atomic E-state index is 12.3. The fraction of sp³-hybridized carbons (Fsp3) is 0. The second kappa shape index (κ2) is 5.66. The standard InChI is InChI=1S/C11H9BrN4O4S/c12-8-6-14-4-3-10(8)15-21(19,20)11-2-1-7(16(17)18)5-9(11)13/h1-6H,13H2,(H,14,15). The minimum Gasteiger partial charge on any atom is -0.397 e. The number of hydrogen-bond donors (Lipinski definition) is 2. The minimum absolute atomic E-state index is 0.207. The van der Waals surface area contributed by atoms with Crippen molar-refractivity contribution >= 4 is 43.0 Å². The van der Waals surface area contributed by atoms with Crippen LogP contribution in [0, 0.1) is 10.1 Å². The van der Waals surface area contributed by atoms with Gasteiger partial charge in [-0.2, -0.15) is 0 Å². The lowest BCUT2D eigenvalue weighted by Crippen LogP contribution is -2.15. The number of hydrogen-bond acceptors (Lipinski definition) is 6. The molecule has 0 saturated carbocycles. The Bertz CT molecular complexity index is 810. The van der Waals surface area contributed by atoms with Crippen LogP contribution in [0.25, 0.3) is 0 Å². The number of sulfonamides is 1. The van der Waals surface area contributed by atoms with Crippen LogP contribution >= 0.6 is 15.9 Å². The molecule has 2 rings (SSSR count). The van der Waals surface area contributed by atoms with E-state index in [0.29, 0.717) is 4.47 Å². The summed E-state index contributed by atoms with van der Waals surface area (Å²) in [5, 5.41) is 10.6. The summed E-state index contributed by atoms with van der Waals surface area (Å²) >= 11 is 3.16. The Balaban J connectivity index is 2.41. The van der Waals surface area contributed by atoms with Crippen LogP contribution < -0.4 is 10.5 Å². The van der Waals surface area contributed by atoms with Crippen molar-refractivity contribution in [3.63, 3.8) is 0 Å². The zero-order chi connectivity index (χ0) is 15.6. The molecule has 0 amide bonds. The number of nitrogens with zero attached hydrogens (tertiary/aromatic N) is 2. The van der Waals surface area contributed by atoms with E-state index in [0.717, 1.165) is 18.2 Å². The van der Waals surface area contributed by atoms with Gasteiger partial charge in [0, 0.05) is 24.5 Å². The molecule has 1 aromatic carbocycles. The van der Waals surface area contributed by atoms with Crippen LogP contribution in [0.5, 0.6) is 0 Å². The summed E-state index contributed by atoms with van der Waals surface area (Å²) in [6.07, 6.45) is 2.85. The van der Waals surface area contributed by atoms with Crippen molar-refractivity contribution in [3.05, 3.63) is 51.2 Å². The van der Waals surface area contributed by atoms with Gasteiger partial charge < -0.3 is 5.73 Å². The first-order chi connectivity index (χ1) is 9.81. The molecule has 0 aliphatic carbocycles. The number of pyridine rings is 1. The highest BCUT2D eigenvalue weighted by Crippen LogP contribution is 2.28. The molecule has 0 spiro atoms. The zero-order valence-corrected chi connectivity index (χ0v) is 12.8. The Labute approximate surface area is 128 Å². The number of benzene rings is 1. The van der Waals surface area contributed by atoms with Gasteiger partial charge in [0.05, 0.1) is 20.8 Å². The highest BCUT2D eigenvalue weighted by Gasteiger charge is 2.21. The van der Waals surface area contributed by atoms with Crippen molar-refractivity contribution in [2.45, 2.75) is 4.90 Å². The van der Waals surface area contributed by atoms with Crippen molar-refractivity contribution < 1.29 is 13.3 Å². The molecule has 0 unspecified atom stereocenters. The second-order valence-corrected chi connectivity index (χ2v) is 6.45. The van der Waals surface area contributed by atoms with Crippen LogP contribution in [0.1, 0.15) is 0 Å². The third kappa shape index (κ3) is 3.28. The Hall–Kier alpha value is -2.20. The Kier molecular flexibility index (Phi) is 4.09. The van der Waals surface area contributed by atoms with Crippen LogP contribution in [0.3, 0.4) is 0 Å². The van der Waals surface area contributed by atoms with Gasteiger partial charge in [-0.15, -0.1) is 0 Å². The van der Waals surface area contributed by atoms with Crippen molar-refractivity contribution in [2.75, 3.05) is 10.5 Å². The van der Waals surface area contributed by atoms with E-state index >= 15 is 0 Å². The number of nitro benzene ring substituents is 1. The van der Waals surface area contributed by atoms with E-state index < -0.39 is 14.9 Å². The predicted octanol–water partition coefficient (Wildman–Crippen LogP) is 2.14. The van der Waals surface area contributed by atoms with Crippen LogP contribution in [0.15, 0.2) is 46.0 Å². The van der Waals surface area contributed by atoms with Gasteiger partial charge >= 0.3 is 0 Å². The van der Waals surface area contributed by atoms with E-state index in [9.17, 15) is 18.5 Å². The second-order valence-electron chi connectivity index (χ2n) is 3.94. The maximum Gasteiger partial charge on any atom is 0.271 e. The van der Waals surface area contributed by atoms with E-state index in [4.69, 9.17) is 5.73 Å². The largest absolute Gasteiger partial charge is 0.397 e. The van der Waals surface area contributed by atoms with Gasteiger partial charge in [0.2, 0.25) is 0 Å². The number of nitro groups is 1. The lowest BCUT2D eigenvalue weighted by molar-refractivity contribution is -0.384. The summed E-state index contributed by atoms with van der Waals surface area (Å²) in [6.45, 7) is 0. The number of non-ortho nitro benzene ring substituents is 1. The van der Waals surface area contributed by atoms with E-state index in [-0.39, 0.29) is 22.0 Å². The van der Waals surface area contributed by atoms with Crippen molar-refractivity contribution in [2.24, 2.45) is 0 Å². The average Bonchev–Trinajstić information content (AvgIpc) is 2.40. The minimum atomic E-state index is -3.96. The van der Waals surface area contributed by atoms with E-state index in [1.807, 2.05) is 0 Å². The van der Waals surface area contributed by atoms with Crippen molar-refractivity contribution in [3.8, 4) is 0 Å². The molecule has 21 heavy (non-hydrogen) atoms. The van der Waals surface area contributed by atoms with E-state index in [2.05, 4.69) is 25.6 Å². The topological polar surface area (TPSA) is 128 Å². The molecule has 2 aromatic rings. The maximum atomic E-state index is 12.3. The van der Waals surface area contributed by atoms with Crippen LogP contribution in [0.4, 0.5) is 17.1 Å². The Morgan fingerprint density at radius 3 is 2.62 bits per heavy atom. The molecular formula is C11H9BrN4O4S. The lowest BCUT2D eigenvalue weighted by atomic mass is 10.3. The van der Waals surface area contributed by atoms with Gasteiger partial charge in [-0.25, -0.2) is 8.42 Å². The van der Waals surface area contributed by atoms with Gasteiger partial charge in [0.15, 0.2) is 0 Å². The zero-order valence-electron chi connectivity index (χ0n) is 10.4. The molecule has 0 bridgehead atoms. The van der Waals surface area contributed by atoms with Crippen LogP contribution in [0.2, 0.25) is 0 Å². The third-order valence-corrected chi connectivity index (χ3v) is 4.58. The Morgan fingerprint density at radius 1 is 1.33 bits per heavy atom. The predicted molar refractivity (Wildman–Crippen MR) is 80.3 cm³/mol. The first-order valence-corrected chi connectivity index (χ1v) is 7.75. The molecule has 0 saturated heterocycles. The highest BCUT2D eigenvalue weighted by atomic mass is 79.9. The fourth-order valence-electron chi connectivity index (χ4n) is 1.55. The number of nitrogen functional groups attached to an aromatic ring is 1. The number of anilines is 2. The van der Waals surface area contributed by atoms with Crippen LogP contribution in [-0.4, -0.2) is 18.3 Å². The molecule has 110 valence electrons. The quantitative estimate of drug-likeness (QED) is 0.480. The molecule has 0 fully saturated rings. The van der Waals surface area contributed by atoms with Gasteiger partial charge in [0.25, 0.3) is 15.7 Å². The normalized spacial score (nSPS) is 11.1. The summed E-state index contributed by atoms with van der Waals surface area (Å²) < 4.78 is 27.3. The number of nitrogens with two attached hydrogens (primary N) is 1. The molecular weight excluding hydrogens is 364 g/mol. The highest BCUT2D eigenvalue weighted by molar-refractivity contribution is 9.10. The van der Waals surface area contributed by atoms with Gasteiger partial charge in [-0.3, -0.25) is 19.8 Å². The monoisotopic (exact) mass is 372 g/mol. The summed E-state index contributed by atoms with van der Waals surface area (Å²) in [6, 6.07) is 4.62. The summed E-state index contributed by atoms with van der Waals surface area (Å²) in [4.78, 5) is 13.5.